The molecule has 1 aromatic carbocycles. The molecule has 2 nitrogen and oxygen atoms in total. The molecule has 1 aliphatic rings. The van der Waals surface area contributed by atoms with E-state index in [1.54, 1.807) is 0 Å². The van der Waals surface area contributed by atoms with Gasteiger partial charge in [0.1, 0.15) is 6.10 Å². The summed E-state index contributed by atoms with van der Waals surface area (Å²) in [5.74, 6) is 0.513. The van der Waals surface area contributed by atoms with Gasteiger partial charge in [-0.15, -0.1) is 0 Å². The molecule has 3 atom stereocenters. The lowest BCUT2D eigenvalue weighted by Gasteiger charge is -2.31. The monoisotopic (exact) mass is 255 g/mol. The molecule has 0 spiro atoms. The van der Waals surface area contributed by atoms with E-state index >= 15 is 0 Å². The zero-order chi connectivity index (χ0) is 13.1. The maximum atomic E-state index is 12.3. The van der Waals surface area contributed by atoms with Gasteiger partial charge in [-0.1, -0.05) is 31.2 Å². The van der Waals surface area contributed by atoms with Crippen LogP contribution in [0.25, 0.3) is 0 Å². The van der Waals surface area contributed by atoms with Crippen LogP contribution in [0, 0.1) is 0 Å². The van der Waals surface area contributed by atoms with Gasteiger partial charge in [0.25, 0.3) is 6.43 Å². The van der Waals surface area contributed by atoms with Crippen LogP contribution in [0.15, 0.2) is 24.3 Å². The number of aliphatic hydroxyl groups is 1. The van der Waals surface area contributed by atoms with E-state index in [1.165, 1.54) is 11.1 Å². The summed E-state index contributed by atoms with van der Waals surface area (Å²) in [6.07, 6.45) is -2.31. The highest BCUT2D eigenvalue weighted by Gasteiger charge is 2.25. The number of hydrogen-bond donors (Lipinski definition) is 2. The maximum absolute atomic E-state index is 12.3. The molecule has 0 heterocycles. The first-order valence-corrected chi connectivity index (χ1v) is 6.38. The van der Waals surface area contributed by atoms with E-state index in [-0.39, 0.29) is 12.6 Å². The lowest BCUT2D eigenvalue weighted by Crippen LogP contribution is -2.36. The van der Waals surface area contributed by atoms with Crippen LogP contribution in [0.3, 0.4) is 0 Å². The van der Waals surface area contributed by atoms with E-state index in [9.17, 15) is 8.78 Å². The Balaban J connectivity index is 2.05. The van der Waals surface area contributed by atoms with E-state index in [0.29, 0.717) is 5.92 Å². The van der Waals surface area contributed by atoms with Crippen molar-refractivity contribution < 1.29 is 13.9 Å². The van der Waals surface area contributed by atoms with Gasteiger partial charge in [0.05, 0.1) is 0 Å². The van der Waals surface area contributed by atoms with Gasteiger partial charge in [0, 0.05) is 12.6 Å². The second-order valence-corrected chi connectivity index (χ2v) is 4.97. The van der Waals surface area contributed by atoms with Crippen LogP contribution in [0.2, 0.25) is 0 Å². The minimum Gasteiger partial charge on any atom is -0.386 e. The lowest BCUT2D eigenvalue weighted by molar-refractivity contribution is -0.00495. The number of rotatable bonds is 4. The summed E-state index contributed by atoms with van der Waals surface area (Å²) in [7, 11) is 0. The SMILES string of the molecule is CC1CCC(NCC(O)C(F)F)c2ccccc21. The van der Waals surface area contributed by atoms with Gasteiger partial charge in [-0.2, -0.15) is 0 Å². The Morgan fingerprint density at radius 1 is 1.28 bits per heavy atom. The first-order chi connectivity index (χ1) is 8.59. The third-order valence-corrected chi connectivity index (χ3v) is 3.65. The Kier molecular flexibility index (Phi) is 4.30. The largest absolute Gasteiger partial charge is 0.386 e. The molecule has 0 saturated heterocycles. The number of benzene rings is 1. The van der Waals surface area contributed by atoms with Gasteiger partial charge in [0.2, 0.25) is 0 Å². The zero-order valence-corrected chi connectivity index (χ0v) is 10.4. The minimum absolute atomic E-state index is 0.0644. The summed E-state index contributed by atoms with van der Waals surface area (Å²) in [4.78, 5) is 0. The fraction of sp³-hybridized carbons (Fsp3) is 0.571. The van der Waals surface area contributed by atoms with Gasteiger partial charge in [0.15, 0.2) is 0 Å². The lowest BCUT2D eigenvalue weighted by atomic mass is 9.81. The molecule has 1 aromatic rings. The third-order valence-electron chi connectivity index (χ3n) is 3.65. The number of halogens is 2. The van der Waals surface area contributed by atoms with Crippen molar-refractivity contribution in [3.8, 4) is 0 Å². The van der Waals surface area contributed by atoms with Crippen LogP contribution in [-0.2, 0) is 0 Å². The van der Waals surface area contributed by atoms with Crippen LogP contribution in [0.4, 0.5) is 8.78 Å². The van der Waals surface area contributed by atoms with E-state index in [2.05, 4.69) is 18.3 Å². The second kappa shape index (κ2) is 5.76. The van der Waals surface area contributed by atoms with Crippen molar-refractivity contribution >= 4 is 0 Å². The molecule has 0 amide bonds. The molecule has 0 aliphatic heterocycles. The molecule has 3 unspecified atom stereocenters. The topological polar surface area (TPSA) is 32.3 Å². The molecule has 100 valence electrons. The van der Waals surface area contributed by atoms with Crippen molar-refractivity contribution in [2.75, 3.05) is 6.54 Å². The molecular formula is C14H19F2NO. The molecule has 1 aliphatic carbocycles. The number of fused-ring (bicyclic) bond motifs is 1. The second-order valence-electron chi connectivity index (χ2n) is 4.97. The quantitative estimate of drug-likeness (QED) is 0.867. The van der Waals surface area contributed by atoms with E-state index in [1.807, 2.05) is 18.2 Å². The predicted octanol–water partition coefficient (Wildman–Crippen LogP) is 2.84. The molecule has 0 radical (unpaired) electrons. The maximum Gasteiger partial charge on any atom is 0.265 e. The van der Waals surface area contributed by atoms with Crippen molar-refractivity contribution in [3.63, 3.8) is 0 Å². The zero-order valence-electron chi connectivity index (χ0n) is 10.4. The minimum atomic E-state index is -2.68. The van der Waals surface area contributed by atoms with Crippen LogP contribution in [0.1, 0.15) is 42.9 Å². The van der Waals surface area contributed by atoms with Crippen LogP contribution in [0.5, 0.6) is 0 Å². The molecule has 0 bridgehead atoms. The van der Waals surface area contributed by atoms with Gasteiger partial charge in [-0.3, -0.25) is 0 Å². The van der Waals surface area contributed by atoms with Crippen molar-refractivity contribution in [1.29, 1.82) is 0 Å². The Labute approximate surface area is 106 Å². The summed E-state index contributed by atoms with van der Waals surface area (Å²) in [6, 6.07) is 8.18. The molecule has 18 heavy (non-hydrogen) atoms. The molecule has 0 fully saturated rings. The Hall–Kier alpha value is -1.00. The summed E-state index contributed by atoms with van der Waals surface area (Å²) in [6.45, 7) is 2.12. The summed E-state index contributed by atoms with van der Waals surface area (Å²) in [5.41, 5.74) is 2.46. The molecule has 0 saturated carbocycles. The van der Waals surface area contributed by atoms with E-state index in [4.69, 9.17) is 5.11 Å². The van der Waals surface area contributed by atoms with Crippen LogP contribution >= 0.6 is 0 Å². The first kappa shape index (κ1) is 13.4. The summed E-state index contributed by atoms with van der Waals surface area (Å²) < 4.78 is 24.5. The number of hydrogen-bond acceptors (Lipinski definition) is 2. The highest BCUT2D eigenvalue weighted by atomic mass is 19.3. The number of alkyl halides is 2. The van der Waals surface area contributed by atoms with Crippen molar-refractivity contribution in [1.82, 2.24) is 5.32 Å². The summed E-state index contributed by atoms with van der Waals surface area (Å²) in [5, 5.41) is 12.2. The fourth-order valence-corrected chi connectivity index (χ4v) is 2.57. The number of aliphatic hydroxyl groups excluding tert-OH is 1. The van der Waals surface area contributed by atoms with Crippen LogP contribution in [-0.4, -0.2) is 24.2 Å². The smallest absolute Gasteiger partial charge is 0.265 e. The Morgan fingerprint density at radius 2 is 1.94 bits per heavy atom. The van der Waals surface area contributed by atoms with Gasteiger partial charge >= 0.3 is 0 Å². The molecule has 0 aromatic heterocycles. The number of nitrogens with one attached hydrogen (secondary N) is 1. The summed E-state index contributed by atoms with van der Waals surface area (Å²) >= 11 is 0. The van der Waals surface area contributed by atoms with Gasteiger partial charge in [-0.05, 0) is 29.9 Å². The molecule has 4 heteroatoms. The highest BCUT2D eigenvalue weighted by Crippen LogP contribution is 2.36. The average molecular weight is 255 g/mol. The van der Waals surface area contributed by atoms with E-state index < -0.39 is 12.5 Å². The average Bonchev–Trinajstić information content (AvgIpc) is 2.38. The van der Waals surface area contributed by atoms with Crippen molar-refractivity contribution in [3.05, 3.63) is 35.4 Å². The molecule has 2 N–H and O–H groups in total. The highest BCUT2D eigenvalue weighted by molar-refractivity contribution is 5.34. The Morgan fingerprint density at radius 3 is 2.61 bits per heavy atom. The van der Waals surface area contributed by atoms with Gasteiger partial charge in [-0.25, -0.2) is 8.78 Å². The van der Waals surface area contributed by atoms with Gasteiger partial charge < -0.3 is 10.4 Å². The van der Waals surface area contributed by atoms with Crippen LogP contribution < -0.4 is 5.32 Å². The third kappa shape index (κ3) is 2.87. The van der Waals surface area contributed by atoms with Crippen molar-refractivity contribution in [2.24, 2.45) is 0 Å². The first-order valence-electron chi connectivity index (χ1n) is 6.38. The Bertz CT molecular complexity index is 397. The molecule has 2 rings (SSSR count). The fourth-order valence-electron chi connectivity index (χ4n) is 2.57. The molecular weight excluding hydrogens is 236 g/mol. The normalized spacial score (nSPS) is 24.9. The predicted molar refractivity (Wildman–Crippen MR) is 66.8 cm³/mol. The standard InChI is InChI=1S/C14H19F2NO/c1-9-6-7-12(17-8-13(18)14(15)16)11-5-3-2-4-10(9)11/h2-5,9,12-14,17-18H,6-8H2,1H3. The van der Waals surface area contributed by atoms with E-state index in [0.717, 1.165) is 12.8 Å². The van der Waals surface area contributed by atoms with Crippen molar-refractivity contribution in [2.45, 2.75) is 44.3 Å².